The summed E-state index contributed by atoms with van der Waals surface area (Å²) in [5.74, 6) is -4.12. The Morgan fingerprint density at radius 2 is 1.41 bits per heavy atom. The van der Waals surface area contributed by atoms with Gasteiger partial charge in [-0.1, -0.05) is 19.2 Å². The van der Waals surface area contributed by atoms with Crippen molar-refractivity contribution < 1.29 is 27.8 Å². The van der Waals surface area contributed by atoms with E-state index in [4.69, 9.17) is 9.47 Å². The maximum Gasteiger partial charge on any atom is 0.338 e. The van der Waals surface area contributed by atoms with Gasteiger partial charge in [0.2, 0.25) is 5.82 Å². The highest BCUT2D eigenvalue weighted by molar-refractivity contribution is 5.89. The Hall–Kier alpha value is -3.28. The number of hydrogen-bond acceptors (Lipinski definition) is 4. The molecule has 4 nitrogen and oxygen atoms in total. The number of esters is 2. The standard InChI is InChI=1S/C21H18F2O4/c1-11(2)20(24)26-14-6-7-15(13(5)10-14)16-8-9-17(19(23)18(16)22)27-21(25)12(3)4/h6-10H,1,3H2,2,4-5H3. The lowest BCUT2D eigenvalue weighted by molar-refractivity contribution is -0.131. The summed E-state index contributed by atoms with van der Waals surface area (Å²) in [6.45, 7) is 11.5. The topological polar surface area (TPSA) is 52.6 Å². The van der Waals surface area contributed by atoms with Gasteiger partial charge >= 0.3 is 11.9 Å². The second-order valence-electron chi connectivity index (χ2n) is 6.06. The molecule has 0 aliphatic heterocycles. The summed E-state index contributed by atoms with van der Waals surface area (Å²) in [4.78, 5) is 23.1. The number of ether oxygens (including phenoxy) is 2. The largest absolute Gasteiger partial charge is 0.423 e. The van der Waals surface area contributed by atoms with Gasteiger partial charge in [0.25, 0.3) is 0 Å². The van der Waals surface area contributed by atoms with E-state index < -0.39 is 29.3 Å². The SMILES string of the molecule is C=C(C)C(=O)Oc1ccc(-c2ccc(OC(=O)C(=C)C)c(F)c2F)c(C)c1. The zero-order valence-electron chi connectivity index (χ0n) is 15.2. The van der Waals surface area contributed by atoms with Crippen molar-refractivity contribution in [3.63, 3.8) is 0 Å². The molecule has 0 fully saturated rings. The number of carbonyl (C=O) groups is 2. The Morgan fingerprint density at radius 1 is 0.852 bits per heavy atom. The van der Waals surface area contributed by atoms with E-state index in [1.807, 2.05) is 0 Å². The lowest BCUT2D eigenvalue weighted by Crippen LogP contribution is -2.10. The molecule has 0 spiro atoms. The zero-order chi connectivity index (χ0) is 20.3. The summed E-state index contributed by atoms with van der Waals surface area (Å²) < 4.78 is 38.7. The Bertz CT molecular complexity index is 961. The van der Waals surface area contributed by atoms with Crippen LogP contribution in [0.3, 0.4) is 0 Å². The van der Waals surface area contributed by atoms with Gasteiger partial charge in [0.1, 0.15) is 5.75 Å². The van der Waals surface area contributed by atoms with Gasteiger partial charge in [0, 0.05) is 16.7 Å². The number of aryl methyl sites for hydroxylation is 1. The van der Waals surface area contributed by atoms with Crippen molar-refractivity contribution >= 4 is 11.9 Å². The van der Waals surface area contributed by atoms with Gasteiger partial charge in [0.05, 0.1) is 0 Å². The first-order valence-electron chi connectivity index (χ1n) is 7.96. The molecule has 0 unspecified atom stereocenters. The second-order valence-corrected chi connectivity index (χ2v) is 6.06. The molecule has 0 aliphatic carbocycles. The summed E-state index contributed by atoms with van der Waals surface area (Å²) in [6, 6.07) is 6.98. The molecule has 0 saturated carbocycles. The lowest BCUT2D eigenvalue weighted by atomic mass is 9.99. The first-order chi connectivity index (χ1) is 12.6. The smallest absolute Gasteiger partial charge is 0.338 e. The minimum Gasteiger partial charge on any atom is -0.423 e. The highest BCUT2D eigenvalue weighted by Crippen LogP contribution is 2.33. The maximum atomic E-state index is 14.5. The van der Waals surface area contributed by atoms with Crippen LogP contribution in [0.15, 0.2) is 54.6 Å². The van der Waals surface area contributed by atoms with Crippen molar-refractivity contribution in [1.29, 1.82) is 0 Å². The number of rotatable bonds is 5. The van der Waals surface area contributed by atoms with E-state index in [1.54, 1.807) is 6.92 Å². The van der Waals surface area contributed by atoms with Crippen molar-refractivity contribution in [2.45, 2.75) is 20.8 Å². The van der Waals surface area contributed by atoms with Gasteiger partial charge in [-0.3, -0.25) is 0 Å². The van der Waals surface area contributed by atoms with Gasteiger partial charge < -0.3 is 9.47 Å². The highest BCUT2D eigenvalue weighted by atomic mass is 19.2. The van der Waals surface area contributed by atoms with E-state index in [9.17, 15) is 18.4 Å². The third-order valence-electron chi connectivity index (χ3n) is 3.65. The van der Waals surface area contributed by atoms with Crippen LogP contribution in [0.4, 0.5) is 8.78 Å². The Kier molecular flexibility index (Phi) is 5.90. The van der Waals surface area contributed by atoms with Crippen LogP contribution >= 0.6 is 0 Å². The summed E-state index contributed by atoms with van der Waals surface area (Å²) >= 11 is 0. The normalized spacial score (nSPS) is 10.3. The fraction of sp³-hybridized carbons (Fsp3) is 0.143. The molecule has 0 bridgehead atoms. The van der Waals surface area contributed by atoms with Crippen molar-refractivity contribution in [2.24, 2.45) is 0 Å². The molecule has 0 radical (unpaired) electrons. The maximum absolute atomic E-state index is 14.5. The summed E-state index contributed by atoms with van der Waals surface area (Å²) in [5.41, 5.74) is 1.25. The van der Waals surface area contributed by atoms with Crippen molar-refractivity contribution in [2.75, 3.05) is 0 Å². The molecule has 2 aromatic rings. The highest BCUT2D eigenvalue weighted by Gasteiger charge is 2.19. The molecule has 0 saturated heterocycles. The molecule has 6 heteroatoms. The minimum absolute atomic E-state index is 0.0158. The molecule has 2 aromatic carbocycles. The molecule has 0 heterocycles. The van der Waals surface area contributed by atoms with Crippen molar-refractivity contribution in [3.05, 3.63) is 71.8 Å². The predicted molar refractivity (Wildman–Crippen MR) is 97.4 cm³/mol. The molecular weight excluding hydrogens is 354 g/mol. The number of benzene rings is 2. The van der Waals surface area contributed by atoms with Crippen LogP contribution in [0.5, 0.6) is 11.5 Å². The van der Waals surface area contributed by atoms with Crippen LogP contribution in [-0.4, -0.2) is 11.9 Å². The number of halogens is 2. The monoisotopic (exact) mass is 372 g/mol. The lowest BCUT2D eigenvalue weighted by Gasteiger charge is -2.12. The van der Waals surface area contributed by atoms with E-state index in [0.717, 1.165) is 0 Å². The predicted octanol–water partition coefficient (Wildman–Crippen LogP) is 4.90. The summed E-state index contributed by atoms with van der Waals surface area (Å²) in [7, 11) is 0. The quantitative estimate of drug-likeness (QED) is 0.425. The van der Waals surface area contributed by atoms with Gasteiger partial charge in [0.15, 0.2) is 11.6 Å². The molecular formula is C21H18F2O4. The summed E-state index contributed by atoms with van der Waals surface area (Å²) in [5, 5.41) is 0. The number of hydrogen-bond donors (Lipinski definition) is 0. The zero-order valence-corrected chi connectivity index (χ0v) is 15.2. The Balaban J connectivity index is 2.37. The fourth-order valence-electron chi connectivity index (χ4n) is 2.20. The molecule has 2 rings (SSSR count). The van der Waals surface area contributed by atoms with Crippen LogP contribution < -0.4 is 9.47 Å². The molecule has 140 valence electrons. The minimum atomic E-state index is -1.28. The first-order valence-corrected chi connectivity index (χ1v) is 7.96. The molecule has 0 N–H and O–H groups in total. The average molecular weight is 372 g/mol. The third-order valence-corrected chi connectivity index (χ3v) is 3.65. The van der Waals surface area contributed by atoms with E-state index in [-0.39, 0.29) is 22.5 Å². The summed E-state index contributed by atoms with van der Waals surface area (Å²) in [6.07, 6.45) is 0. The Morgan fingerprint density at radius 3 is 1.96 bits per heavy atom. The van der Waals surface area contributed by atoms with Crippen LogP contribution in [0.1, 0.15) is 19.4 Å². The molecule has 0 atom stereocenters. The number of carbonyl (C=O) groups excluding carboxylic acids is 2. The van der Waals surface area contributed by atoms with E-state index in [1.165, 1.54) is 44.2 Å². The van der Waals surface area contributed by atoms with Gasteiger partial charge in [-0.2, -0.15) is 4.39 Å². The van der Waals surface area contributed by atoms with E-state index in [2.05, 4.69) is 13.2 Å². The van der Waals surface area contributed by atoms with Crippen molar-refractivity contribution in [3.8, 4) is 22.6 Å². The van der Waals surface area contributed by atoms with Crippen LogP contribution in [-0.2, 0) is 9.59 Å². The van der Waals surface area contributed by atoms with E-state index in [0.29, 0.717) is 11.1 Å². The fourth-order valence-corrected chi connectivity index (χ4v) is 2.20. The molecule has 0 aromatic heterocycles. The average Bonchev–Trinajstić information content (AvgIpc) is 2.59. The van der Waals surface area contributed by atoms with Gasteiger partial charge in [-0.25, -0.2) is 14.0 Å². The van der Waals surface area contributed by atoms with Crippen LogP contribution in [0.2, 0.25) is 0 Å². The second kappa shape index (κ2) is 7.95. The van der Waals surface area contributed by atoms with E-state index >= 15 is 0 Å². The first kappa shape index (κ1) is 20.0. The van der Waals surface area contributed by atoms with Crippen LogP contribution in [0.25, 0.3) is 11.1 Å². The van der Waals surface area contributed by atoms with Gasteiger partial charge in [-0.15, -0.1) is 0 Å². The molecule has 27 heavy (non-hydrogen) atoms. The molecule has 0 aliphatic rings. The van der Waals surface area contributed by atoms with Crippen LogP contribution in [0, 0.1) is 18.6 Å². The van der Waals surface area contributed by atoms with Gasteiger partial charge in [-0.05, 0) is 56.2 Å². The van der Waals surface area contributed by atoms with Crippen molar-refractivity contribution in [1.82, 2.24) is 0 Å². The molecule has 0 amide bonds. The Labute approximate surface area is 155 Å². The third kappa shape index (κ3) is 4.47.